The lowest BCUT2D eigenvalue weighted by atomic mass is 9.70. The second-order valence-corrected chi connectivity index (χ2v) is 15.0. The van der Waals surface area contributed by atoms with Crippen LogP contribution in [0.3, 0.4) is 0 Å². The fraction of sp³-hybridized carbons (Fsp3) is 0.606. The van der Waals surface area contributed by atoms with E-state index in [9.17, 15) is 14.9 Å². The third-order valence-corrected chi connectivity index (χ3v) is 10.4. The maximum absolute atomic E-state index is 13.6. The van der Waals surface area contributed by atoms with E-state index in [0.29, 0.717) is 65.7 Å². The fourth-order valence-corrected chi connectivity index (χ4v) is 7.47. The zero-order valence-corrected chi connectivity index (χ0v) is 29.0. The molecular formula is C33H46N8O5S. The number of anilines is 2. The van der Waals surface area contributed by atoms with Crippen LogP contribution in [0.4, 0.5) is 15.6 Å². The highest BCUT2D eigenvalue weighted by Gasteiger charge is 2.46. The van der Waals surface area contributed by atoms with E-state index in [0.717, 1.165) is 37.5 Å². The number of hydrogen-bond acceptors (Lipinski definition) is 12. The van der Waals surface area contributed by atoms with Crippen molar-refractivity contribution in [2.45, 2.75) is 83.3 Å². The predicted octanol–water partition coefficient (Wildman–Crippen LogP) is 4.15. The Kier molecular flexibility index (Phi) is 9.88. The molecule has 2 aromatic heterocycles. The van der Waals surface area contributed by atoms with Gasteiger partial charge in [0.25, 0.3) is 0 Å². The molecule has 2 atom stereocenters. The number of ether oxygens (including phenoxy) is 2. The summed E-state index contributed by atoms with van der Waals surface area (Å²) in [5, 5.41) is 14.3. The number of likely N-dealkylation sites (N-methyl/N-ethyl adjacent to an activating group) is 1. The Bertz CT molecular complexity index is 1560. The minimum absolute atomic E-state index is 0.0720. The van der Waals surface area contributed by atoms with Crippen molar-refractivity contribution in [2.24, 2.45) is 10.9 Å². The zero-order chi connectivity index (χ0) is 34.1. The Labute approximate surface area is 280 Å². The number of carbonyl (C=O) groups excluding carboxylic acids is 2. The van der Waals surface area contributed by atoms with Gasteiger partial charge in [0.05, 0.1) is 11.0 Å². The number of carbonyl (C=O) groups is 2. The van der Waals surface area contributed by atoms with Gasteiger partial charge in [-0.3, -0.25) is 0 Å². The van der Waals surface area contributed by atoms with Crippen LogP contribution < -0.4 is 21.1 Å². The molecule has 2 aromatic rings. The number of rotatable bonds is 6. The molecule has 4 N–H and O–H groups in total. The molecular weight excluding hydrogens is 620 g/mol. The van der Waals surface area contributed by atoms with Gasteiger partial charge in [0.1, 0.15) is 40.0 Å². The van der Waals surface area contributed by atoms with E-state index in [4.69, 9.17) is 30.8 Å². The molecule has 0 saturated carbocycles. The number of aromatic nitrogens is 1. The first kappa shape index (κ1) is 34.3. The van der Waals surface area contributed by atoms with Crippen LogP contribution in [0.15, 0.2) is 17.3 Å². The minimum Gasteiger partial charge on any atom is -0.490 e. The summed E-state index contributed by atoms with van der Waals surface area (Å²) in [6, 6.07) is 5.77. The Balaban J connectivity index is 1.35. The van der Waals surface area contributed by atoms with E-state index < -0.39 is 17.0 Å². The molecule has 254 valence electrons. The number of fused-ring (bicyclic) bond motifs is 1. The van der Waals surface area contributed by atoms with E-state index in [2.05, 4.69) is 35.0 Å². The van der Waals surface area contributed by atoms with Crippen LogP contribution in [0.25, 0.3) is 0 Å². The molecule has 3 aliphatic rings. The number of oxime groups is 1. The molecule has 2 fully saturated rings. The number of piperidine rings is 1. The number of piperazine rings is 1. The van der Waals surface area contributed by atoms with Crippen LogP contribution in [-0.2, 0) is 19.8 Å². The van der Waals surface area contributed by atoms with E-state index in [-0.39, 0.29) is 24.0 Å². The van der Waals surface area contributed by atoms with E-state index >= 15 is 0 Å². The lowest BCUT2D eigenvalue weighted by molar-refractivity contribution is -0.150. The van der Waals surface area contributed by atoms with Gasteiger partial charge in [-0.1, -0.05) is 12.1 Å². The highest BCUT2D eigenvalue weighted by molar-refractivity contribution is 7.16. The number of amidine groups is 1. The molecule has 1 amide bonds. The summed E-state index contributed by atoms with van der Waals surface area (Å²) in [5.41, 5.74) is 12.2. The third-order valence-electron chi connectivity index (χ3n) is 9.10. The lowest BCUT2D eigenvalue weighted by Gasteiger charge is -2.34. The maximum Gasteiger partial charge on any atom is 0.410 e. The molecule has 47 heavy (non-hydrogen) atoms. The number of hydrogen-bond donors (Lipinski definition) is 2. The number of nitriles is 1. The Morgan fingerprint density at radius 3 is 2.45 bits per heavy atom. The van der Waals surface area contributed by atoms with Crippen LogP contribution in [0.5, 0.6) is 5.75 Å². The quantitative estimate of drug-likeness (QED) is 0.196. The molecule has 0 radical (unpaired) electrons. The van der Waals surface area contributed by atoms with Gasteiger partial charge in [-0.25, -0.2) is 14.6 Å². The van der Waals surface area contributed by atoms with Gasteiger partial charge >= 0.3 is 12.1 Å². The number of nitrogen functional groups attached to an aromatic ring is 1. The second-order valence-electron chi connectivity index (χ2n) is 13.9. The van der Waals surface area contributed by atoms with Gasteiger partial charge in [0.2, 0.25) is 0 Å². The minimum atomic E-state index is -1.09. The summed E-state index contributed by atoms with van der Waals surface area (Å²) in [6.45, 7) is 13.7. The first-order chi connectivity index (χ1) is 22.2. The van der Waals surface area contributed by atoms with E-state index in [1.54, 1.807) is 17.9 Å². The van der Waals surface area contributed by atoms with Crippen molar-refractivity contribution in [1.29, 1.82) is 5.26 Å². The van der Waals surface area contributed by atoms with Gasteiger partial charge < -0.3 is 40.5 Å². The van der Waals surface area contributed by atoms with Crippen LogP contribution >= 0.6 is 11.3 Å². The van der Waals surface area contributed by atoms with Crippen molar-refractivity contribution < 1.29 is 23.9 Å². The average Bonchev–Trinajstić information content (AvgIpc) is 3.38. The van der Waals surface area contributed by atoms with Crippen molar-refractivity contribution in [2.75, 3.05) is 56.9 Å². The lowest BCUT2D eigenvalue weighted by Crippen LogP contribution is -2.45. The van der Waals surface area contributed by atoms with Crippen molar-refractivity contribution in [1.82, 2.24) is 14.8 Å². The summed E-state index contributed by atoms with van der Waals surface area (Å²) in [5.74, 6) is 0.753. The van der Waals surface area contributed by atoms with Crippen molar-refractivity contribution in [3.63, 3.8) is 0 Å². The Morgan fingerprint density at radius 2 is 1.81 bits per heavy atom. The van der Waals surface area contributed by atoms with Gasteiger partial charge in [-0.2, -0.15) is 5.26 Å². The Morgan fingerprint density at radius 1 is 1.13 bits per heavy atom. The molecule has 5 rings (SSSR count). The van der Waals surface area contributed by atoms with Crippen LogP contribution in [-0.4, -0.2) is 90.7 Å². The normalized spacial score (nSPS) is 22.7. The smallest absolute Gasteiger partial charge is 0.410 e. The number of pyridine rings is 1. The number of likely N-dealkylation sites (tertiary alicyclic amines) is 1. The zero-order valence-electron chi connectivity index (χ0n) is 28.2. The van der Waals surface area contributed by atoms with E-state index in [1.165, 1.54) is 11.3 Å². The number of nitrogens with two attached hydrogens (primary N) is 2. The number of thiophene rings is 1. The summed E-state index contributed by atoms with van der Waals surface area (Å²) >= 11 is 1.35. The molecule has 14 heteroatoms. The molecule has 0 spiro atoms. The predicted molar refractivity (Wildman–Crippen MR) is 181 cm³/mol. The molecule has 2 aliphatic heterocycles. The van der Waals surface area contributed by atoms with Crippen molar-refractivity contribution in [3.05, 3.63) is 33.8 Å². The monoisotopic (exact) mass is 666 g/mol. The topological polar surface area (TPSA) is 173 Å². The average molecular weight is 667 g/mol. The maximum atomic E-state index is 13.6. The van der Waals surface area contributed by atoms with Crippen LogP contribution in [0.1, 0.15) is 87.9 Å². The van der Waals surface area contributed by atoms with Gasteiger partial charge in [0, 0.05) is 74.7 Å². The van der Waals surface area contributed by atoms with Crippen LogP contribution in [0, 0.1) is 11.3 Å². The number of nitrogens with zero attached hydrogens (tertiary/aromatic N) is 6. The summed E-state index contributed by atoms with van der Waals surface area (Å²) in [4.78, 5) is 43.5. The molecule has 4 heterocycles. The van der Waals surface area contributed by atoms with Gasteiger partial charge in [0.15, 0.2) is 5.84 Å². The fourth-order valence-electron chi connectivity index (χ4n) is 6.24. The largest absolute Gasteiger partial charge is 0.490 e. The first-order valence-corrected chi connectivity index (χ1v) is 17.0. The second kappa shape index (κ2) is 13.6. The highest BCUT2D eigenvalue weighted by atomic mass is 32.1. The summed E-state index contributed by atoms with van der Waals surface area (Å²) in [6.07, 6.45) is 2.06. The molecule has 0 bridgehead atoms. The number of amides is 1. The SMILES string of the molecule is CC1CCC(C)(C(=O)O/N=C(\N)c2cc(OC3CCN(C(=O)OC(C)(C)C)CC3)cc(N3CCN(C)CC3)n2)c2c1sc(N)c2C#N. The summed E-state index contributed by atoms with van der Waals surface area (Å²) in [7, 11) is 2.08. The molecule has 13 nitrogen and oxygen atoms in total. The standard InChI is InChI=1S/C33H46N8O5S/c1-20-7-10-33(5,26-23(19-34)29(36)47-27(20)26)30(42)46-38-28(35)24-17-22(18-25(37-24)40-15-13-39(6)14-16-40)44-21-8-11-41(12-9-21)31(43)45-32(2,3)4/h17-18,20-21H,7-16,36H2,1-6H3,(H2,35,38). The molecule has 2 unspecified atom stereocenters. The Hall–Kier alpha value is -4.09. The van der Waals surface area contributed by atoms with Gasteiger partial charge in [-0.15, -0.1) is 11.3 Å². The highest BCUT2D eigenvalue weighted by Crippen LogP contribution is 2.50. The first-order valence-electron chi connectivity index (χ1n) is 16.2. The molecule has 0 aromatic carbocycles. The van der Waals surface area contributed by atoms with Gasteiger partial charge in [-0.05, 0) is 53.5 Å². The van der Waals surface area contributed by atoms with E-state index in [1.807, 2.05) is 26.8 Å². The van der Waals surface area contributed by atoms with Crippen LogP contribution in [0.2, 0.25) is 0 Å². The van der Waals surface area contributed by atoms with Crippen molar-refractivity contribution in [3.8, 4) is 11.8 Å². The molecule has 1 aliphatic carbocycles. The molecule has 2 saturated heterocycles. The van der Waals surface area contributed by atoms with Crippen molar-refractivity contribution >= 4 is 40.1 Å². The third kappa shape index (κ3) is 7.57. The summed E-state index contributed by atoms with van der Waals surface area (Å²) < 4.78 is 12.0.